The Hall–Kier alpha value is -3.48. The topological polar surface area (TPSA) is 85.3 Å². The number of pyridine rings is 1. The summed E-state index contributed by atoms with van der Waals surface area (Å²) >= 11 is 0. The Morgan fingerprint density at radius 1 is 1.11 bits per heavy atom. The number of carbonyl (C=O) groups is 1. The van der Waals surface area contributed by atoms with Gasteiger partial charge in [0.2, 0.25) is 18.1 Å². The maximum atomic E-state index is 10.4. The second kappa shape index (κ2) is 7.82. The van der Waals surface area contributed by atoms with E-state index in [2.05, 4.69) is 50.8 Å². The van der Waals surface area contributed by atoms with Crippen LogP contribution in [0.15, 0.2) is 47.2 Å². The molecule has 0 saturated carbocycles. The van der Waals surface area contributed by atoms with Crippen molar-refractivity contribution < 1.29 is 9.32 Å². The number of aryl methyl sites for hydroxylation is 4. The fourth-order valence-electron chi connectivity index (χ4n) is 2.61. The first-order chi connectivity index (χ1) is 13.0. The zero-order valence-corrected chi connectivity index (χ0v) is 15.7. The van der Waals surface area contributed by atoms with E-state index in [1.54, 1.807) is 6.92 Å². The number of hydrogen-bond donors (Lipinski definition) is 1. The molecule has 0 aliphatic rings. The minimum Gasteiger partial charge on any atom is -0.339 e. The second-order valence-electron chi connectivity index (χ2n) is 6.26. The van der Waals surface area contributed by atoms with Gasteiger partial charge in [0, 0.05) is 36.3 Å². The summed E-state index contributed by atoms with van der Waals surface area (Å²) in [5, 5.41) is 6.44. The molecule has 0 radical (unpaired) electrons. The van der Waals surface area contributed by atoms with Crippen molar-refractivity contribution in [1.29, 1.82) is 0 Å². The molecule has 3 heterocycles. The molecular weight excluding hydrogens is 342 g/mol. The second-order valence-corrected chi connectivity index (χ2v) is 6.26. The average Bonchev–Trinajstić information content (AvgIpc) is 3.24. The van der Waals surface area contributed by atoms with Crippen LogP contribution >= 0.6 is 0 Å². The Morgan fingerprint density at radius 2 is 1.93 bits per heavy atom. The number of fused-ring (bicyclic) bond motifs is 1. The van der Waals surface area contributed by atoms with Crippen LogP contribution in [-0.2, 0) is 4.79 Å². The summed E-state index contributed by atoms with van der Waals surface area (Å²) in [6.45, 7) is 7.77. The minimum atomic E-state index is 0.514. The highest BCUT2D eigenvalue weighted by Crippen LogP contribution is 2.22. The zero-order chi connectivity index (χ0) is 19.4. The van der Waals surface area contributed by atoms with Gasteiger partial charge in [0.25, 0.3) is 0 Å². The van der Waals surface area contributed by atoms with E-state index < -0.39 is 0 Å². The highest BCUT2D eigenvalue weighted by Gasteiger charge is 2.07. The number of aromatic nitrogens is 4. The molecule has 4 rings (SSSR count). The predicted molar refractivity (Wildman–Crippen MR) is 104 cm³/mol. The fourth-order valence-corrected chi connectivity index (χ4v) is 2.61. The molecule has 0 unspecified atom stereocenters. The molecule has 4 aromatic rings. The summed E-state index contributed by atoms with van der Waals surface area (Å²) in [4.78, 5) is 18.8. The number of carbonyl (C=O) groups excluding carboxylic acids is 1. The number of hydrogen-bond acceptors (Lipinski definition) is 5. The van der Waals surface area contributed by atoms with Crippen LogP contribution in [0.25, 0.3) is 17.0 Å². The van der Waals surface area contributed by atoms with E-state index in [1.807, 2.05) is 37.5 Å². The molecule has 3 aromatic heterocycles. The minimum absolute atomic E-state index is 0.514. The molecule has 0 aliphatic carbocycles. The molecule has 1 aromatic carbocycles. The van der Waals surface area contributed by atoms with Gasteiger partial charge in [0.05, 0.1) is 0 Å². The third kappa shape index (κ3) is 4.20. The molecule has 27 heavy (non-hydrogen) atoms. The van der Waals surface area contributed by atoms with Gasteiger partial charge in [-0.15, -0.1) is 0 Å². The van der Waals surface area contributed by atoms with Gasteiger partial charge in [-0.05, 0) is 50.1 Å². The van der Waals surface area contributed by atoms with Gasteiger partial charge in [-0.25, -0.2) is 4.98 Å². The molecule has 7 nitrogen and oxygen atoms in total. The number of nitrogens with one attached hydrogen (secondary N) is 1. The van der Waals surface area contributed by atoms with Crippen LogP contribution in [0.3, 0.4) is 0 Å². The lowest BCUT2D eigenvalue weighted by molar-refractivity contribution is -0.105. The van der Waals surface area contributed by atoms with E-state index in [1.165, 1.54) is 11.3 Å². The molecule has 0 spiro atoms. The van der Waals surface area contributed by atoms with Crippen molar-refractivity contribution >= 4 is 17.7 Å². The molecular formula is C20H21N5O2. The van der Waals surface area contributed by atoms with Gasteiger partial charge in [-0.2, -0.15) is 4.98 Å². The van der Waals surface area contributed by atoms with E-state index >= 15 is 0 Å². The Bertz CT molecular complexity index is 1080. The zero-order valence-electron chi connectivity index (χ0n) is 15.7. The molecule has 1 N–H and O–H groups in total. The molecule has 0 atom stereocenters. The highest BCUT2D eigenvalue weighted by atomic mass is 16.5. The van der Waals surface area contributed by atoms with Crippen molar-refractivity contribution in [3.63, 3.8) is 0 Å². The van der Waals surface area contributed by atoms with Crippen molar-refractivity contribution in [2.45, 2.75) is 27.7 Å². The monoisotopic (exact) mass is 363 g/mol. The summed E-state index contributed by atoms with van der Waals surface area (Å²) < 4.78 is 6.97. The third-order valence-corrected chi connectivity index (χ3v) is 4.09. The first kappa shape index (κ1) is 18.3. The molecule has 0 fully saturated rings. The number of benzene rings is 1. The fraction of sp³-hybridized carbons (Fsp3) is 0.200. The Kier molecular flexibility index (Phi) is 5.30. The lowest BCUT2D eigenvalue weighted by atomic mass is 10.1. The van der Waals surface area contributed by atoms with Crippen molar-refractivity contribution in [3.05, 3.63) is 65.4 Å². The molecule has 7 heteroatoms. The number of amides is 1. The Balaban J connectivity index is 0.000000166. The maximum absolute atomic E-state index is 10.4. The lowest BCUT2D eigenvalue weighted by Gasteiger charge is -2.04. The third-order valence-electron chi connectivity index (χ3n) is 4.09. The van der Waals surface area contributed by atoms with Crippen molar-refractivity contribution in [1.82, 2.24) is 19.5 Å². The number of nitrogens with zero attached hydrogens (tertiary/aromatic N) is 4. The molecule has 0 aliphatic heterocycles. The average molecular weight is 363 g/mol. The number of imidazole rings is 1. The first-order valence-electron chi connectivity index (χ1n) is 8.50. The number of anilines is 1. The quantitative estimate of drug-likeness (QED) is 0.559. The van der Waals surface area contributed by atoms with Gasteiger partial charge < -0.3 is 14.2 Å². The van der Waals surface area contributed by atoms with Crippen LogP contribution in [-0.4, -0.2) is 25.9 Å². The van der Waals surface area contributed by atoms with Crippen LogP contribution in [0, 0.1) is 27.7 Å². The summed E-state index contributed by atoms with van der Waals surface area (Å²) in [7, 11) is 0. The summed E-state index contributed by atoms with van der Waals surface area (Å²) in [5.41, 5.74) is 6.00. The molecule has 0 bridgehead atoms. The van der Waals surface area contributed by atoms with Gasteiger partial charge in [-0.3, -0.25) is 4.79 Å². The largest absolute Gasteiger partial charge is 0.339 e. The van der Waals surface area contributed by atoms with Crippen molar-refractivity contribution in [3.8, 4) is 11.4 Å². The van der Waals surface area contributed by atoms with Gasteiger partial charge in [0.1, 0.15) is 5.65 Å². The van der Waals surface area contributed by atoms with Crippen molar-refractivity contribution in [2.75, 3.05) is 5.32 Å². The van der Waals surface area contributed by atoms with E-state index in [0.29, 0.717) is 18.1 Å². The molecule has 138 valence electrons. The lowest BCUT2D eigenvalue weighted by Crippen LogP contribution is -1.96. The van der Waals surface area contributed by atoms with Crippen LogP contribution in [0.5, 0.6) is 0 Å². The van der Waals surface area contributed by atoms with E-state index in [4.69, 9.17) is 4.52 Å². The van der Waals surface area contributed by atoms with Gasteiger partial charge >= 0.3 is 0 Å². The van der Waals surface area contributed by atoms with E-state index in [9.17, 15) is 4.79 Å². The Morgan fingerprint density at radius 3 is 2.63 bits per heavy atom. The highest BCUT2D eigenvalue weighted by molar-refractivity contribution is 5.76. The SMILES string of the molecule is Cc1ccn2c(C)cnc2c1.Cc1nc(-c2ccc(C)c(NC=O)c2)no1. The van der Waals surface area contributed by atoms with Crippen LogP contribution in [0.4, 0.5) is 5.69 Å². The molecule has 1 amide bonds. The van der Waals surface area contributed by atoms with E-state index in [-0.39, 0.29) is 0 Å². The van der Waals surface area contributed by atoms with Crippen LogP contribution < -0.4 is 5.32 Å². The Labute approximate surface area is 157 Å². The number of rotatable bonds is 3. The first-order valence-corrected chi connectivity index (χ1v) is 8.50. The van der Waals surface area contributed by atoms with Gasteiger partial charge in [0.15, 0.2) is 0 Å². The smallest absolute Gasteiger partial charge is 0.223 e. The summed E-state index contributed by atoms with van der Waals surface area (Å²) in [6, 6.07) is 9.76. The van der Waals surface area contributed by atoms with Gasteiger partial charge in [-0.1, -0.05) is 17.3 Å². The normalized spacial score (nSPS) is 10.4. The summed E-state index contributed by atoms with van der Waals surface area (Å²) in [5.74, 6) is 1.03. The predicted octanol–water partition coefficient (Wildman–Crippen LogP) is 3.87. The van der Waals surface area contributed by atoms with Crippen molar-refractivity contribution in [2.24, 2.45) is 0 Å². The summed E-state index contributed by atoms with van der Waals surface area (Å²) in [6.07, 6.45) is 4.58. The maximum Gasteiger partial charge on any atom is 0.223 e. The standard InChI is InChI=1S/C11H11N3O2.C9H10N2/c1-7-3-4-9(5-10(7)12-6-15)11-13-8(2)16-14-11;1-7-3-4-11-8(2)6-10-9(11)5-7/h3-6H,1-2H3,(H,12,15);3-6H,1-2H3. The van der Waals surface area contributed by atoms with Crippen LogP contribution in [0.2, 0.25) is 0 Å². The molecule has 0 saturated heterocycles. The van der Waals surface area contributed by atoms with Crippen LogP contribution in [0.1, 0.15) is 22.7 Å². The van der Waals surface area contributed by atoms with E-state index in [0.717, 1.165) is 22.5 Å².